The molecule has 3 amide bonds. The molecule has 0 radical (unpaired) electrons. The lowest BCUT2D eigenvalue weighted by molar-refractivity contribution is -0.135. The zero-order valence-electron chi connectivity index (χ0n) is 20.4. The van der Waals surface area contributed by atoms with Gasteiger partial charge >= 0.3 is 0 Å². The molecule has 0 spiro atoms. The molecule has 3 atom stereocenters. The second-order valence-electron chi connectivity index (χ2n) is 9.40. The van der Waals surface area contributed by atoms with Gasteiger partial charge in [0.1, 0.15) is 12.4 Å². The second-order valence-corrected chi connectivity index (χ2v) is 9.40. The Bertz CT molecular complexity index is 870. The van der Waals surface area contributed by atoms with E-state index in [1.165, 1.54) is 0 Å². The van der Waals surface area contributed by atoms with Crippen molar-refractivity contribution in [1.29, 1.82) is 0 Å². The van der Waals surface area contributed by atoms with Gasteiger partial charge in [-0.05, 0) is 43.9 Å². The first-order valence-electron chi connectivity index (χ1n) is 11.9. The Balaban J connectivity index is 1.92. The summed E-state index contributed by atoms with van der Waals surface area (Å²) in [5.74, 6) is 0.782. The number of carbonyl (C=O) groups is 3. The van der Waals surface area contributed by atoms with Gasteiger partial charge in [0.05, 0.1) is 17.7 Å². The van der Waals surface area contributed by atoms with Crippen molar-refractivity contribution in [2.75, 3.05) is 39.2 Å². The van der Waals surface area contributed by atoms with Gasteiger partial charge in [-0.2, -0.15) is 0 Å². The van der Waals surface area contributed by atoms with Crippen LogP contribution in [-0.4, -0.2) is 73.5 Å². The molecule has 0 unspecified atom stereocenters. The summed E-state index contributed by atoms with van der Waals surface area (Å²) < 4.78 is 11.8. The van der Waals surface area contributed by atoms with Gasteiger partial charge in [0.15, 0.2) is 0 Å². The molecule has 1 aliphatic carbocycles. The van der Waals surface area contributed by atoms with Crippen molar-refractivity contribution < 1.29 is 23.9 Å². The van der Waals surface area contributed by atoms with Crippen LogP contribution in [0.15, 0.2) is 18.2 Å². The van der Waals surface area contributed by atoms with E-state index in [1.54, 1.807) is 44.2 Å². The van der Waals surface area contributed by atoms with Crippen LogP contribution in [0.3, 0.4) is 0 Å². The van der Waals surface area contributed by atoms with Gasteiger partial charge in [0.2, 0.25) is 11.8 Å². The van der Waals surface area contributed by atoms with Crippen molar-refractivity contribution in [3.63, 3.8) is 0 Å². The van der Waals surface area contributed by atoms with Gasteiger partial charge in [0, 0.05) is 51.7 Å². The highest BCUT2D eigenvalue weighted by Gasteiger charge is 2.33. The number of hydrogen-bond donors (Lipinski definition) is 1. The number of anilines is 1. The van der Waals surface area contributed by atoms with Gasteiger partial charge in [-0.25, -0.2) is 0 Å². The quantitative estimate of drug-likeness (QED) is 0.731. The number of nitrogens with one attached hydrogen (secondary N) is 1. The molecule has 0 bridgehead atoms. The molecule has 1 fully saturated rings. The van der Waals surface area contributed by atoms with Crippen molar-refractivity contribution in [2.45, 2.75) is 58.6 Å². The summed E-state index contributed by atoms with van der Waals surface area (Å²) in [7, 11) is 3.37. The molecule has 1 N–H and O–H groups in total. The van der Waals surface area contributed by atoms with Gasteiger partial charge < -0.3 is 24.6 Å². The van der Waals surface area contributed by atoms with Crippen LogP contribution in [0, 0.1) is 11.8 Å². The summed E-state index contributed by atoms with van der Waals surface area (Å²) in [4.78, 5) is 41.8. The zero-order chi connectivity index (χ0) is 24.1. The highest BCUT2D eigenvalue weighted by Crippen LogP contribution is 2.33. The predicted octanol–water partition coefficient (Wildman–Crippen LogP) is 3.17. The Labute approximate surface area is 196 Å². The van der Waals surface area contributed by atoms with Crippen LogP contribution in [0.25, 0.3) is 0 Å². The number of likely N-dealkylation sites (N-methyl/N-ethyl adjacent to an activating group) is 1. The monoisotopic (exact) mass is 459 g/mol. The fourth-order valence-electron chi connectivity index (χ4n) is 4.14. The van der Waals surface area contributed by atoms with E-state index in [0.717, 1.165) is 12.8 Å². The summed E-state index contributed by atoms with van der Waals surface area (Å²) in [5.41, 5.74) is 0.918. The highest BCUT2D eigenvalue weighted by molar-refractivity contribution is 5.99. The Morgan fingerprint density at radius 2 is 1.94 bits per heavy atom. The minimum absolute atomic E-state index is 0.0323. The van der Waals surface area contributed by atoms with E-state index < -0.39 is 0 Å². The molecule has 8 nitrogen and oxygen atoms in total. The van der Waals surface area contributed by atoms with Crippen molar-refractivity contribution in [2.24, 2.45) is 11.8 Å². The minimum atomic E-state index is -0.228. The van der Waals surface area contributed by atoms with E-state index in [0.29, 0.717) is 48.8 Å². The number of methoxy groups -OCH3 is 1. The molecule has 0 aromatic heterocycles. The van der Waals surface area contributed by atoms with Crippen molar-refractivity contribution in [1.82, 2.24) is 9.80 Å². The Morgan fingerprint density at radius 3 is 2.58 bits per heavy atom. The first-order chi connectivity index (χ1) is 15.7. The molecule has 3 rings (SSSR count). The number of rotatable bonds is 5. The third-order valence-electron chi connectivity index (χ3n) is 6.53. The van der Waals surface area contributed by atoms with Crippen molar-refractivity contribution >= 4 is 23.4 Å². The molecular weight excluding hydrogens is 422 g/mol. The largest absolute Gasteiger partial charge is 0.491 e. The molecule has 1 aromatic carbocycles. The summed E-state index contributed by atoms with van der Waals surface area (Å²) in [6.07, 6.45) is 2.94. The molecule has 1 aromatic rings. The summed E-state index contributed by atoms with van der Waals surface area (Å²) >= 11 is 0. The lowest BCUT2D eigenvalue weighted by Gasteiger charge is -2.36. The number of carbonyl (C=O) groups excluding carboxylic acids is 3. The fraction of sp³-hybridized carbons (Fsp3) is 0.640. The van der Waals surface area contributed by atoms with Crippen LogP contribution in [0.5, 0.6) is 5.75 Å². The van der Waals surface area contributed by atoms with E-state index in [2.05, 4.69) is 12.2 Å². The number of benzene rings is 1. The number of fused-ring (bicyclic) bond motifs is 1. The molecule has 1 heterocycles. The first kappa shape index (κ1) is 25.0. The van der Waals surface area contributed by atoms with Crippen LogP contribution in [-0.2, 0) is 14.3 Å². The molecule has 2 aliphatic rings. The maximum absolute atomic E-state index is 13.3. The smallest absolute Gasteiger partial charge is 0.257 e. The van der Waals surface area contributed by atoms with Gasteiger partial charge in [-0.3, -0.25) is 14.4 Å². The maximum atomic E-state index is 13.3. The standard InChI is InChI=1S/C25H37N3O5/c1-6-23(29)26-19-9-10-21-20(12-19)25(31)27(4)14-22(32-5)16(2)13-28(17(3)15-33-21)24(30)11-18-7-8-18/h9-10,12,16-18,22H,6-8,11,13-15H2,1-5H3,(H,26,29)/t16-,17+,22-/m0/s1. The number of nitrogens with zero attached hydrogens (tertiary/aromatic N) is 2. The maximum Gasteiger partial charge on any atom is 0.257 e. The lowest BCUT2D eigenvalue weighted by Crippen LogP contribution is -2.48. The second kappa shape index (κ2) is 11.0. The molecule has 1 saturated carbocycles. The SMILES string of the molecule is CCC(=O)Nc1ccc2c(c1)C(=O)N(C)C[C@H](OC)[C@@H](C)CN(C(=O)CC1CC1)[C@H](C)CO2. The zero-order valence-corrected chi connectivity index (χ0v) is 20.4. The van der Waals surface area contributed by atoms with Crippen LogP contribution in [0.4, 0.5) is 5.69 Å². The number of hydrogen-bond acceptors (Lipinski definition) is 5. The van der Waals surface area contributed by atoms with E-state index in [4.69, 9.17) is 9.47 Å². The van der Waals surface area contributed by atoms with Crippen molar-refractivity contribution in [3.8, 4) is 5.75 Å². The predicted molar refractivity (Wildman–Crippen MR) is 126 cm³/mol. The van der Waals surface area contributed by atoms with Crippen LogP contribution < -0.4 is 10.1 Å². The van der Waals surface area contributed by atoms with Crippen LogP contribution in [0.2, 0.25) is 0 Å². The summed E-state index contributed by atoms with van der Waals surface area (Å²) in [5, 5.41) is 2.80. The lowest BCUT2D eigenvalue weighted by atomic mass is 10.0. The normalized spacial score (nSPS) is 24.3. The van der Waals surface area contributed by atoms with Gasteiger partial charge in [-0.1, -0.05) is 13.8 Å². The van der Waals surface area contributed by atoms with Crippen LogP contribution >= 0.6 is 0 Å². The summed E-state index contributed by atoms with van der Waals surface area (Å²) in [6.45, 7) is 7.00. The molecule has 182 valence electrons. The Kier molecular flexibility index (Phi) is 8.35. The molecule has 8 heteroatoms. The molecule has 33 heavy (non-hydrogen) atoms. The van der Waals surface area contributed by atoms with Crippen LogP contribution in [0.1, 0.15) is 56.8 Å². The van der Waals surface area contributed by atoms with E-state index >= 15 is 0 Å². The third-order valence-corrected chi connectivity index (χ3v) is 6.53. The van der Waals surface area contributed by atoms with E-state index in [9.17, 15) is 14.4 Å². The highest BCUT2D eigenvalue weighted by atomic mass is 16.5. The fourth-order valence-corrected chi connectivity index (χ4v) is 4.14. The molecular formula is C25H37N3O5. The topological polar surface area (TPSA) is 88.2 Å². The number of amides is 3. The molecule has 1 aliphatic heterocycles. The molecule has 0 saturated heterocycles. The van der Waals surface area contributed by atoms with Gasteiger partial charge in [-0.15, -0.1) is 0 Å². The van der Waals surface area contributed by atoms with Gasteiger partial charge in [0.25, 0.3) is 5.91 Å². The minimum Gasteiger partial charge on any atom is -0.491 e. The van der Waals surface area contributed by atoms with Crippen molar-refractivity contribution in [3.05, 3.63) is 23.8 Å². The average molecular weight is 460 g/mol. The van der Waals surface area contributed by atoms with E-state index in [-0.39, 0.29) is 42.4 Å². The third kappa shape index (κ3) is 6.47. The number of ether oxygens (including phenoxy) is 2. The summed E-state index contributed by atoms with van der Waals surface area (Å²) in [6, 6.07) is 4.93. The van der Waals surface area contributed by atoms with E-state index in [1.807, 2.05) is 11.8 Å². The Morgan fingerprint density at radius 1 is 1.21 bits per heavy atom. The Hall–Kier alpha value is -2.61. The average Bonchev–Trinajstić information content (AvgIpc) is 3.62. The first-order valence-corrected chi connectivity index (χ1v) is 11.9.